The fourth-order valence-corrected chi connectivity index (χ4v) is 2.97. The largest absolute Gasteiger partial charge is 0.396 e. The van der Waals surface area contributed by atoms with Crippen molar-refractivity contribution in [2.75, 3.05) is 19.7 Å². The van der Waals surface area contributed by atoms with Crippen LogP contribution in [0.4, 0.5) is 0 Å². The molecule has 2 rings (SSSR count). The van der Waals surface area contributed by atoms with E-state index in [0.717, 1.165) is 51.6 Å². The number of aliphatic hydroxyl groups is 2. The predicted octanol–water partition coefficient (Wildman–Crippen LogP) is 0.913. The molecule has 2 N–H and O–H groups in total. The molecule has 1 saturated carbocycles. The average Bonchev–Trinajstić information content (AvgIpc) is 2.76. The Hall–Kier alpha value is -0.610. The van der Waals surface area contributed by atoms with Crippen LogP contribution >= 0.6 is 0 Å². The van der Waals surface area contributed by atoms with Crippen LogP contribution in [0.15, 0.2) is 0 Å². The van der Waals surface area contributed by atoms with Crippen LogP contribution in [0, 0.1) is 5.92 Å². The van der Waals surface area contributed by atoms with E-state index in [1.165, 1.54) is 0 Å². The van der Waals surface area contributed by atoms with Crippen LogP contribution in [0.1, 0.15) is 44.9 Å². The standard InChI is InChI=1S/C13H23NO3/c15-10-11-3-7-14(8-4-11)12(16)9-13(17)5-1-2-6-13/h11,15,17H,1-10H2. The average molecular weight is 241 g/mol. The fraction of sp³-hybridized carbons (Fsp3) is 0.923. The van der Waals surface area contributed by atoms with Crippen molar-refractivity contribution in [1.29, 1.82) is 0 Å². The first-order valence-electron chi connectivity index (χ1n) is 6.74. The zero-order chi connectivity index (χ0) is 12.3. The summed E-state index contributed by atoms with van der Waals surface area (Å²) in [6.07, 6.45) is 5.68. The van der Waals surface area contributed by atoms with Gasteiger partial charge in [-0.3, -0.25) is 4.79 Å². The lowest BCUT2D eigenvalue weighted by molar-refractivity contribution is -0.137. The molecular formula is C13H23NO3. The molecule has 0 spiro atoms. The molecule has 0 aromatic carbocycles. The Morgan fingerprint density at radius 2 is 1.82 bits per heavy atom. The van der Waals surface area contributed by atoms with E-state index in [1.54, 1.807) is 0 Å². The number of hydrogen-bond donors (Lipinski definition) is 2. The molecule has 98 valence electrons. The molecule has 0 aromatic heterocycles. The molecule has 1 saturated heterocycles. The fourth-order valence-electron chi connectivity index (χ4n) is 2.97. The van der Waals surface area contributed by atoms with E-state index in [4.69, 9.17) is 5.11 Å². The zero-order valence-corrected chi connectivity index (χ0v) is 10.4. The highest BCUT2D eigenvalue weighted by atomic mass is 16.3. The number of aliphatic hydroxyl groups excluding tert-OH is 1. The lowest BCUT2D eigenvalue weighted by atomic mass is 9.94. The third-order valence-corrected chi connectivity index (χ3v) is 4.24. The molecule has 1 amide bonds. The lowest BCUT2D eigenvalue weighted by Gasteiger charge is -2.33. The SMILES string of the molecule is O=C(CC1(O)CCCC1)N1CCC(CO)CC1. The van der Waals surface area contributed by atoms with E-state index < -0.39 is 5.60 Å². The summed E-state index contributed by atoms with van der Waals surface area (Å²) < 4.78 is 0. The monoisotopic (exact) mass is 241 g/mol. The van der Waals surface area contributed by atoms with Crippen molar-refractivity contribution in [2.24, 2.45) is 5.92 Å². The summed E-state index contributed by atoms with van der Waals surface area (Å²) in [5, 5.41) is 19.2. The van der Waals surface area contributed by atoms with Crippen molar-refractivity contribution < 1.29 is 15.0 Å². The normalized spacial score (nSPS) is 25.2. The quantitative estimate of drug-likeness (QED) is 0.772. The molecule has 1 aliphatic heterocycles. The highest BCUT2D eigenvalue weighted by Gasteiger charge is 2.35. The van der Waals surface area contributed by atoms with Gasteiger partial charge in [-0.25, -0.2) is 0 Å². The van der Waals surface area contributed by atoms with Crippen LogP contribution in [-0.2, 0) is 4.79 Å². The van der Waals surface area contributed by atoms with E-state index in [9.17, 15) is 9.90 Å². The zero-order valence-electron chi connectivity index (χ0n) is 10.4. The van der Waals surface area contributed by atoms with Crippen LogP contribution in [-0.4, -0.2) is 46.3 Å². The van der Waals surface area contributed by atoms with Crippen molar-refractivity contribution >= 4 is 5.91 Å². The topological polar surface area (TPSA) is 60.8 Å². The van der Waals surface area contributed by atoms with Crippen LogP contribution in [0.2, 0.25) is 0 Å². The van der Waals surface area contributed by atoms with Gasteiger partial charge in [0.1, 0.15) is 0 Å². The minimum absolute atomic E-state index is 0.0887. The molecule has 2 aliphatic rings. The number of rotatable bonds is 3. The molecular weight excluding hydrogens is 218 g/mol. The molecule has 17 heavy (non-hydrogen) atoms. The van der Waals surface area contributed by atoms with Crippen LogP contribution < -0.4 is 0 Å². The number of hydrogen-bond acceptors (Lipinski definition) is 3. The summed E-state index contributed by atoms with van der Waals surface area (Å²) in [7, 11) is 0. The number of nitrogens with zero attached hydrogens (tertiary/aromatic N) is 1. The van der Waals surface area contributed by atoms with Gasteiger partial charge < -0.3 is 15.1 Å². The number of piperidine rings is 1. The molecule has 0 aromatic rings. The second-order valence-corrected chi connectivity index (χ2v) is 5.61. The molecule has 1 heterocycles. The van der Waals surface area contributed by atoms with Gasteiger partial charge in [0, 0.05) is 19.7 Å². The minimum atomic E-state index is -0.731. The second-order valence-electron chi connectivity index (χ2n) is 5.61. The molecule has 2 fully saturated rings. The Morgan fingerprint density at radius 3 is 2.35 bits per heavy atom. The second kappa shape index (κ2) is 5.36. The Labute approximate surface area is 103 Å². The highest BCUT2D eigenvalue weighted by Crippen LogP contribution is 2.33. The van der Waals surface area contributed by atoms with Crippen molar-refractivity contribution in [3.63, 3.8) is 0 Å². The first-order valence-corrected chi connectivity index (χ1v) is 6.74. The summed E-state index contributed by atoms with van der Waals surface area (Å²) in [5.41, 5.74) is -0.731. The maximum atomic E-state index is 12.1. The van der Waals surface area contributed by atoms with Gasteiger partial charge in [-0.2, -0.15) is 0 Å². The molecule has 0 radical (unpaired) electrons. The molecule has 0 unspecified atom stereocenters. The maximum absolute atomic E-state index is 12.1. The summed E-state index contributed by atoms with van der Waals surface area (Å²) in [5.74, 6) is 0.444. The molecule has 4 heteroatoms. The van der Waals surface area contributed by atoms with Crippen molar-refractivity contribution in [2.45, 2.75) is 50.5 Å². The van der Waals surface area contributed by atoms with Gasteiger partial charge in [0.2, 0.25) is 5.91 Å². The first-order chi connectivity index (χ1) is 8.13. The summed E-state index contributed by atoms with van der Waals surface area (Å²) >= 11 is 0. The Balaban J connectivity index is 1.80. The van der Waals surface area contributed by atoms with Crippen molar-refractivity contribution in [1.82, 2.24) is 4.90 Å². The van der Waals surface area contributed by atoms with Gasteiger partial charge in [-0.05, 0) is 31.6 Å². The predicted molar refractivity (Wildman–Crippen MR) is 64.4 cm³/mol. The smallest absolute Gasteiger partial charge is 0.225 e. The number of likely N-dealkylation sites (tertiary alicyclic amines) is 1. The molecule has 0 bridgehead atoms. The summed E-state index contributed by atoms with van der Waals surface area (Å²) in [6.45, 7) is 1.70. The third-order valence-electron chi connectivity index (χ3n) is 4.24. The van der Waals surface area contributed by atoms with Gasteiger partial charge >= 0.3 is 0 Å². The van der Waals surface area contributed by atoms with Crippen molar-refractivity contribution in [3.8, 4) is 0 Å². The Bertz CT molecular complexity index is 266. The van der Waals surface area contributed by atoms with Gasteiger partial charge in [0.05, 0.1) is 12.0 Å². The van der Waals surface area contributed by atoms with E-state index in [2.05, 4.69) is 0 Å². The number of carbonyl (C=O) groups excluding carboxylic acids is 1. The van der Waals surface area contributed by atoms with Crippen molar-refractivity contribution in [3.05, 3.63) is 0 Å². The summed E-state index contributed by atoms with van der Waals surface area (Å²) in [6, 6.07) is 0. The summed E-state index contributed by atoms with van der Waals surface area (Å²) in [4.78, 5) is 13.9. The number of amides is 1. The maximum Gasteiger partial charge on any atom is 0.225 e. The van der Waals surface area contributed by atoms with Gasteiger partial charge in [-0.15, -0.1) is 0 Å². The molecule has 4 nitrogen and oxygen atoms in total. The molecule has 0 atom stereocenters. The number of carbonyl (C=O) groups is 1. The van der Waals surface area contributed by atoms with Gasteiger partial charge in [0.25, 0.3) is 0 Å². The van der Waals surface area contributed by atoms with E-state index in [-0.39, 0.29) is 18.9 Å². The van der Waals surface area contributed by atoms with Crippen LogP contribution in [0.25, 0.3) is 0 Å². The van der Waals surface area contributed by atoms with Gasteiger partial charge in [-0.1, -0.05) is 12.8 Å². The van der Waals surface area contributed by atoms with Crippen LogP contribution in [0.5, 0.6) is 0 Å². The lowest BCUT2D eigenvalue weighted by Crippen LogP contribution is -2.42. The Morgan fingerprint density at radius 1 is 1.24 bits per heavy atom. The van der Waals surface area contributed by atoms with E-state index in [0.29, 0.717) is 5.92 Å². The van der Waals surface area contributed by atoms with E-state index in [1.807, 2.05) is 4.90 Å². The van der Waals surface area contributed by atoms with Crippen LogP contribution in [0.3, 0.4) is 0 Å². The highest BCUT2D eigenvalue weighted by molar-refractivity contribution is 5.77. The molecule has 1 aliphatic carbocycles. The first kappa shape index (κ1) is 12.8. The Kier molecular flexibility index (Phi) is 4.05. The van der Waals surface area contributed by atoms with E-state index >= 15 is 0 Å². The third kappa shape index (κ3) is 3.19. The minimum Gasteiger partial charge on any atom is -0.396 e. The van der Waals surface area contributed by atoms with Gasteiger partial charge in [0.15, 0.2) is 0 Å².